The molecule has 3 rings (SSSR count). The third-order valence-corrected chi connectivity index (χ3v) is 4.21. The van der Waals surface area contributed by atoms with E-state index in [4.69, 9.17) is 10.8 Å². The molecule has 0 bridgehead atoms. The fraction of sp³-hybridized carbons (Fsp3) is 0.238. The number of phenols is 1. The topological polar surface area (TPSA) is 104 Å². The Morgan fingerprint density at radius 1 is 1.19 bits per heavy atom. The van der Waals surface area contributed by atoms with Gasteiger partial charge in [-0.2, -0.15) is 0 Å². The molecule has 0 saturated carbocycles. The molecule has 5 N–H and O–H groups in total. The number of aromatic hydroxyl groups is 1. The molecule has 1 heterocycles. The fourth-order valence-electron chi connectivity index (χ4n) is 2.64. The van der Waals surface area contributed by atoms with Gasteiger partial charge in [-0.15, -0.1) is 0 Å². The average molecular weight is 362 g/mol. The van der Waals surface area contributed by atoms with Crippen molar-refractivity contribution in [2.45, 2.75) is 19.4 Å². The maximum absolute atomic E-state index is 10.3. The highest BCUT2D eigenvalue weighted by atomic mass is 16.3. The van der Waals surface area contributed by atoms with Crippen molar-refractivity contribution < 1.29 is 10.2 Å². The number of hydrogen-bond donors (Lipinski definition) is 4. The normalized spacial score (nSPS) is 11.7. The van der Waals surface area contributed by atoms with Crippen LogP contribution in [0.3, 0.4) is 0 Å². The van der Waals surface area contributed by atoms with Gasteiger partial charge >= 0.3 is 0 Å². The Morgan fingerprint density at radius 3 is 2.78 bits per heavy atom. The highest BCUT2D eigenvalue weighted by molar-refractivity contribution is 5.91. The summed E-state index contributed by atoms with van der Waals surface area (Å²) in [4.78, 5) is 9.22. The lowest BCUT2D eigenvalue weighted by atomic mass is 10.1. The van der Waals surface area contributed by atoms with E-state index in [-0.39, 0.29) is 18.4 Å². The van der Waals surface area contributed by atoms with Gasteiger partial charge in [0.15, 0.2) is 5.82 Å². The Bertz CT molecular complexity index is 1010. The summed E-state index contributed by atoms with van der Waals surface area (Å²) < 4.78 is 0. The van der Waals surface area contributed by atoms with Crippen molar-refractivity contribution in [2.24, 2.45) is 5.73 Å². The first-order valence-corrected chi connectivity index (χ1v) is 8.81. The minimum Gasteiger partial charge on any atom is -0.507 e. The van der Waals surface area contributed by atoms with Crippen LogP contribution in [0.2, 0.25) is 0 Å². The van der Waals surface area contributed by atoms with Gasteiger partial charge in [-0.3, -0.25) is 0 Å². The summed E-state index contributed by atoms with van der Waals surface area (Å²) in [6.45, 7) is 2.40. The number of para-hydroxylation sites is 1. The van der Waals surface area contributed by atoms with Crippen LogP contribution in [-0.4, -0.2) is 39.4 Å². The summed E-state index contributed by atoms with van der Waals surface area (Å²) in [6, 6.07) is 12.6. The van der Waals surface area contributed by atoms with Crippen molar-refractivity contribution in [2.75, 3.05) is 18.5 Å². The second-order valence-electron chi connectivity index (χ2n) is 6.15. The SMILES string of the molecule is CC[C@H](N)CNc1nc(-c2cc(C#CCO)ccc2O)nc2ccccc12. The van der Waals surface area contributed by atoms with Gasteiger partial charge in [0, 0.05) is 23.5 Å². The van der Waals surface area contributed by atoms with E-state index in [0.717, 1.165) is 17.3 Å². The van der Waals surface area contributed by atoms with Gasteiger partial charge < -0.3 is 21.3 Å². The number of fused-ring (bicyclic) bond motifs is 1. The molecule has 3 aromatic rings. The van der Waals surface area contributed by atoms with Crippen LogP contribution in [0.4, 0.5) is 5.82 Å². The molecule has 0 aliphatic carbocycles. The predicted molar refractivity (Wildman–Crippen MR) is 107 cm³/mol. The van der Waals surface area contributed by atoms with Crippen LogP contribution in [0.25, 0.3) is 22.3 Å². The van der Waals surface area contributed by atoms with Gasteiger partial charge in [0.05, 0.1) is 11.1 Å². The smallest absolute Gasteiger partial charge is 0.165 e. The molecular formula is C21H22N4O2. The second-order valence-corrected chi connectivity index (χ2v) is 6.15. The Hall–Kier alpha value is -3.14. The monoisotopic (exact) mass is 362 g/mol. The zero-order chi connectivity index (χ0) is 19.2. The Kier molecular flexibility index (Phi) is 5.87. The second kappa shape index (κ2) is 8.49. The molecule has 0 unspecified atom stereocenters. The number of hydrogen-bond acceptors (Lipinski definition) is 6. The van der Waals surface area contributed by atoms with E-state index in [2.05, 4.69) is 27.1 Å². The molecular weight excluding hydrogens is 340 g/mol. The molecule has 0 aliphatic rings. The lowest BCUT2D eigenvalue weighted by Gasteiger charge is -2.14. The average Bonchev–Trinajstić information content (AvgIpc) is 2.70. The molecule has 6 nitrogen and oxygen atoms in total. The maximum Gasteiger partial charge on any atom is 0.165 e. The number of benzene rings is 2. The van der Waals surface area contributed by atoms with Crippen LogP contribution in [0.5, 0.6) is 5.75 Å². The summed E-state index contributed by atoms with van der Waals surface area (Å²) in [5.41, 5.74) is 7.93. The number of nitrogens with zero attached hydrogens (tertiary/aromatic N) is 2. The third kappa shape index (κ3) is 4.34. The van der Waals surface area contributed by atoms with E-state index in [0.29, 0.717) is 29.3 Å². The van der Waals surface area contributed by atoms with Gasteiger partial charge in [0.1, 0.15) is 18.2 Å². The van der Waals surface area contributed by atoms with Crippen molar-refractivity contribution in [1.29, 1.82) is 0 Å². The minimum absolute atomic E-state index is 0.0210. The molecule has 27 heavy (non-hydrogen) atoms. The Labute approximate surface area is 158 Å². The van der Waals surface area contributed by atoms with Crippen molar-refractivity contribution in [3.8, 4) is 29.0 Å². The molecule has 0 amide bonds. The number of aliphatic hydroxyl groups is 1. The van der Waals surface area contributed by atoms with Crippen LogP contribution in [-0.2, 0) is 0 Å². The van der Waals surface area contributed by atoms with E-state index < -0.39 is 0 Å². The van der Waals surface area contributed by atoms with Gasteiger partial charge in [-0.25, -0.2) is 9.97 Å². The molecule has 0 aliphatic heterocycles. The van der Waals surface area contributed by atoms with Gasteiger partial charge in [-0.05, 0) is 36.8 Å². The van der Waals surface area contributed by atoms with Crippen LogP contribution in [0.1, 0.15) is 18.9 Å². The number of phenolic OH excluding ortho intramolecular Hbond substituents is 1. The summed E-state index contributed by atoms with van der Waals surface area (Å²) >= 11 is 0. The molecule has 0 radical (unpaired) electrons. The third-order valence-electron chi connectivity index (χ3n) is 4.21. The van der Waals surface area contributed by atoms with Gasteiger partial charge in [-0.1, -0.05) is 30.9 Å². The zero-order valence-electron chi connectivity index (χ0n) is 15.1. The van der Waals surface area contributed by atoms with Crippen molar-refractivity contribution >= 4 is 16.7 Å². The summed E-state index contributed by atoms with van der Waals surface area (Å²) in [7, 11) is 0. The molecule has 6 heteroatoms. The molecule has 1 aromatic heterocycles. The first-order chi connectivity index (χ1) is 13.1. The van der Waals surface area contributed by atoms with Gasteiger partial charge in [0.25, 0.3) is 0 Å². The number of aliphatic hydroxyl groups excluding tert-OH is 1. The molecule has 138 valence electrons. The van der Waals surface area contributed by atoms with Gasteiger partial charge in [0.2, 0.25) is 0 Å². The number of aromatic nitrogens is 2. The van der Waals surface area contributed by atoms with Crippen molar-refractivity contribution in [1.82, 2.24) is 9.97 Å². The van der Waals surface area contributed by atoms with E-state index >= 15 is 0 Å². The van der Waals surface area contributed by atoms with E-state index in [1.807, 2.05) is 31.2 Å². The summed E-state index contributed by atoms with van der Waals surface area (Å²) in [6.07, 6.45) is 0.856. The van der Waals surface area contributed by atoms with Crippen LogP contribution >= 0.6 is 0 Å². The minimum atomic E-state index is -0.228. The number of rotatable bonds is 5. The van der Waals surface area contributed by atoms with Crippen molar-refractivity contribution in [3.05, 3.63) is 48.0 Å². The highest BCUT2D eigenvalue weighted by Gasteiger charge is 2.13. The van der Waals surface area contributed by atoms with Crippen LogP contribution < -0.4 is 11.1 Å². The van der Waals surface area contributed by atoms with Crippen molar-refractivity contribution in [3.63, 3.8) is 0 Å². The highest BCUT2D eigenvalue weighted by Crippen LogP contribution is 2.31. The first kappa shape index (κ1) is 18.6. The fourth-order valence-corrected chi connectivity index (χ4v) is 2.64. The lowest BCUT2D eigenvalue weighted by molar-refractivity contribution is 0.350. The number of anilines is 1. The number of nitrogens with one attached hydrogen (secondary N) is 1. The Morgan fingerprint density at radius 2 is 2.00 bits per heavy atom. The number of nitrogens with two attached hydrogens (primary N) is 1. The standard InChI is InChI=1S/C21H22N4O2/c1-2-15(22)13-23-20-16-7-3-4-8-18(16)24-21(25-20)17-12-14(6-5-11-26)9-10-19(17)27/h3-4,7-10,12,15,26-27H,2,11,13,22H2,1H3,(H,23,24,25)/t15-/m0/s1. The van der Waals surface area contributed by atoms with E-state index in [1.54, 1.807) is 18.2 Å². The summed E-state index contributed by atoms with van der Waals surface area (Å²) in [5, 5.41) is 23.4. The zero-order valence-corrected chi connectivity index (χ0v) is 15.1. The van der Waals surface area contributed by atoms with E-state index in [9.17, 15) is 5.11 Å². The summed E-state index contributed by atoms with van der Waals surface area (Å²) in [5.74, 6) is 6.56. The quantitative estimate of drug-likeness (QED) is 0.520. The maximum atomic E-state index is 10.3. The molecule has 1 atom stereocenters. The molecule has 0 saturated heterocycles. The van der Waals surface area contributed by atoms with Crippen LogP contribution in [0, 0.1) is 11.8 Å². The van der Waals surface area contributed by atoms with Crippen LogP contribution in [0.15, 0.2) is 42.5 Å². The molecule has 0 spiro atoms. The molecule has 0 fully saturated rings. The lowest BCUT2D eigenvalue weighted by Crippen LogP contribution is -2.28. The largest absolute Gasteiger partial charge is 0.507 e. The predicted octanol–water partition coefficient (Wildman–Crippen LogP) is 2.50. The first-order valence-electron chi connectivity index (χ1n) is 8.81. The Balaban J connectivity index is 2.09. The van der Waals surface area contributed by atoms with E-state index in [1.165, 1.54) is 0 Å². The molecule has 2 aromatic carbocycles.